The summed E-state index contributed by atoms with van der Waals surface area (Å²) in [7, 11) is -3.82. The van der Waals surface area contributed by atoms with E-state index >= 15 is 0 Å². The summed E-state index contributed by atoms with van der Waals surface area (Å²) in [6.45, 7) is 12.2. The van der Waals surface area contributed by atoms with Gasteiger partial charge in [0.1, 0.15) is 5.82 Å². The SMILES string of the molecule is Cc1nnc(-c2ccc(Cl)cc2NS(=O)(=O)c2ccc(C(C)(C)C)cc2)n1C(C)C. The number of nitrogens with zero attached hydrogens (tertiary/aromatic N) is 3. The fourth-order valence-electron chi connectivity index (χ4n) is 3.30. The molecule has 160 valence electrons. The molecule has 2 aromatic carbocycles. The number of aryl methyl sites for hydroxylation is 1. The first-order valence-corrected chi connectivity index (χ1v) is 11.6. The molecule has 0 atom stereocenters. The van der Waals surface area contributed by atoms with Crippen molar-refractivity contribution < 1.29 is 8.42 Å². The summed E-state index contributed by atoms with van der Waals surface area (Å²) in [6.07, 6.45) is 0. The fourth-order valence-corrected chi connectivity index (χ4v) is 4.55. The monoisotopic (exact) mass is 446 g/mol. The van der Waals surface area contributed by atoms with Crippen molar-refractivity contribution in [2.24, 2.45) is 0 Å². The molecule has 1 heterocycles. The lowest BCUT2D eigenvalue weighted by atomic mass is 9.87. The van der Waals surface area contributed by atoms with Crippen LogP contribution in [0.2, 0.25) is 5.02 Å². The molecule has 0 amide bonds. The minimum Gasteiger partial charge on any atom is -0.309 e. The molecule has 1 N–H and O–H groups in total. The highest BCUT2D eigenvalue weighted by atomic mass is 35.5. The number of hydrogen-bond acceptors (Lipinski definition) is 4. The topological polar surface area (TPSA) is 76.9 Å². The number of sulfonamides is 1. The summed E-state index contributed by atoms with van der Waals surface area (Å²) in [5, 5.41) is 8.86. The first-order chi connectivity index (χ1) is 13.9. The zero-order valence-electron chi connectivity index (χ0n) is 18.1. The van der Waals surface area contributed by atoms with E-state index in [2.05, 4.69) is 35.7 Å². The van der Waals surface area contributed by atoms with Crippen molar-refractivity contribution in [3.63, 3.8) is 0 Å². The van der Waals surface area contributed by atoms with Crippen molar-refractivity contribution in [1.29, 1.82) is 0 Å². The minimum atomic E-state index is -3.82. The summed E-state index contributed by atoms with van der Waals surface area (Å²) >= 11 is 6.18. The zero-order chi connectivity index (χ0) is 22.3. The number of rotatable bonds is 5. The van der Waals surface area contributed by atoms with Gasteiger partial charge in [0.15, 0.2) is 5.82 Å². The zero-order valence-corrected chi connectivity index (χ0v) is 19.6. The highest BCUT2D eigenvalue weighted by Gasteiger charge is 2.22. The van der Waals surface area contributed by atoms with E-state index in [1.54, 1.807) is 30.3 Å². The molecule has 0 saturated heterocycles. The maximum absolute atomic E-state index is 13.1. The highest BCUT2D eigenvalue weighted by Crippen LogP contribution is 2.33. The maximum atomic E-state index is 13.1. The number of benzene rings is 2. The first kappa shape index (κ1) is 22.3. The molecule has 0 fully saturated rings. The van der Waals surface area contributed by atoms with Crippen LogP contribution < -0.4 is 4.72 Å². The van der Waals surface area contributed by atoms with Crippen molar-refractivity contribution in [2.45, 2.75) is 57.9 Å². The average molecular weight is 447 g/mol. The fraction of sp³-hybridized carbons (Fsp3) is 0.364. The van der Waals surface area contributed by atoms with Gasteiger partial charge >= 0.3 is 0 Å². The van der Waals surface area contributed by atoms with E-state index in [-0.39, 0.29) is 16.4 Å². The Labute approximate surface area is 183 Å². The number of anilines is 1. The molecular formula is C22H27ClN4O2S. The van der Waals surface area contributed by atoms with E-state index in [1.807, 2.05) is 37.5 Å². The molecule has 0 spiro atoms. The summed E-state index contributed by atoms with van der Waals surface area (Å²) in [6, 6.07) is 12.1. The predicted molar refractivity (Wildman–Crippen MR) is 122 cm³/mol. The van der Waals surface area contributed by atoms with Crippen LogP contribution in [0.1, 0.15) is 52.0 Å². The molecular weight excluding hydrogens is 420 g/mol. The molecule has 0 bridgehead atoms. The van der Waals surface area contributed by atoms with Crippen LogP contribution in [0.3, 0.4) is 0 Å². The molecule has 30 heavy (non-hydrogen) atoms. The molecule has 6 nitrogen and oxygen atoms in total. The lowest BCUT2D eigenvalue weighted by molar-refractivity contribution is 0.587. The van der Waals surface area contributed by atoms with Crippen LogP contribution in [0.15, 0.2) is 47.4 Å². The Morgan fingerprint density at radius 3 is 2.23 bits per heavy atom. The van der Waals surface area contributed by atoms with Crippen molar-refractivity contribution in [3.8, 4) is 11.4 Å². The Morgan fingerprint density at radius 2 is 1.67 bits per heavy atom. The summed E-state index contributed by atoms with van der Waals surface area (Å²) in [5.41, 5.74) is 1.97. The molecule has 3 rings (SSSR count). The molecule has 0 aliphatic rings. The highest BCUT2D eigenvalue weighted by molar-refractivity contribution is 7.92. The van der Waals surface area contributed by atoms with Gasteiger partial charge in [0.25, 0.3) is 10.0 Å². The number of hydrogen-bond donors (Lipinski definition) is 1. The Bertz CT molecular complexity index is 1160. The third kappa shape index (κ3) is 4.52. The molecule has 0 aliphatic heterocycles. The van der Waals surface area contributed by atoms with Gasteiger partial charge in [-0.3, -0.25) is 4.72 Å². The Balaban J connectivity index is 2.04. The second kappa shape index (κ2) is 8.04. The van der Waals surface area contributed by atoms with Crippen molar-refractivity contribution in [2.75, 3.05) is 4.72 Å². The van der Waals surface area contributed by atoms with Gasteiger partial charge in [0, 0.05) is 16.6 Å². The Hall–Kier alpha value is -2.38. The van der Waals surface area contributed by atoms with E-state index < -0.39 is 10.0 Å². The molecule has 1 aromatic heterocycles. The largest absolute Gasteiger partial charge is 0.309 e. The molecule has 8 heteroatoms. The van der Waals surface area contributed by atoms with Crippen LogP contribution in [-0.2, 0) is 15.4 Å². The smallest absolute Gasteiger partial charge is 0.261 e. The second-order valence-electron chi connectivity index (χ2n) is 8.60. The van der Waals surface area contributed by atoms with Crippen LogP contribution in [0.4, 0.5) is 5.69 Å². The van der Waals surface area contributed by atoms with Gasteiger partial charge < -0.3 is 4.57 Å². The Morgan fingerprint density at radius 1 is 1.03 bits per heavy atom. The summed E-state index contributed by atoms with van der Waals surface area (Å²) in [4.78, 5) is 0.183. The predicted octanol–water partition coefficient (Wildman–Crippen LogP) is 5.59. The van der Waals surface area contributed by atoms with Crippen LogP contribution in [0.25, 0.3) is 11.4 Å². The van der Waals surface area contributed by atoms with Crippen molar-refractivity contribution in [1.82, 2.24) is 14.8 Å². The van der Waals surface area contributed by atoms with Gasteiger partial charge in [-0.1, -0.05) is 44.5 Å². The van der Waals surface area contributed by atoms with Crippen molar-refractivity contribution in [3.05, 3.63) is 58.9 Å². The number of halogens is 1. The third-order valence-corrected chi connectivity index (χ3v) is 6.50. The first-order valence-electron chi connectivity index (χ1n) is 9.75. The van der Waals surface area contributed by atoms with Gasteiger partial charge in [0.05, 0.1) is 10.6 Å². The van der Waals surface area contributed by atoms with Crippen LogP contribution in [0, 0.1) is 6.92 Å². The van der Waals surface area contributed by atoms with Gasteiger partial charge in [-0.25, -0.2) is 8.42 Å². The standard InChI is InChI=1S/C22H27ClN4O2S/c1-14(2)27-15(3)24-25-21(27)19-12-9-17(23)13-20(19)26-30(28,29)18-10-7-16(8-11-18)22(4,5)6/h7-14,26H,1-6H3. The summed E-state index contributed by atoms with van der Waals surface area (Å²) in [5.74, 6) is 1.33. The van der Waals surface area contributed by atoms with Crippen LogP contribution >= 0.6 is 11.6 Å². The van der Waals surface area contributed by atoms with E-state index in [0.29, 0.717) is 22.1 Å². The quantitative estimate of drug-likeness (QED) is 0.554. The molecule has 3 aromatic rings. The second-order valence-corrected chi connectivity index (χ2v) is 10.7. The van der Waals surface area contributed by atoms with Crippen molar-refractivity contribution >= 4 is 27.3 Å². The average Bonchev–Trinajstić information content (AvgIpc) is 3.02. The lowest BCUT2D eigenvalue weighted by Crippen LogP contribution is -2.16. The maximum Gasteiger partial charge on any atom is 0.261 e. The van der Waals surface area contributed by atoms with Crippen LogP contribution in [0.5, 0.6) is 0 Å². The molecule has 0 radical (unpaired) electrons. The van der Waals surface area contributed by atoms with Gasteiger partial charge in [0.2, 0.25) is 0 Å². The lowest BCUT2D eigenvalue weighted by Gasteiger charge is -2.19. The van der Waals surface area contributed by atoms with Gasteiger partial charge in [-0.05, 0) is 62.1 Å². The molecule has 0 saturated carbocycles. The van der Waals surface area contributed by atoms with E-state index in [9.17, 15) is 8.42 Å². The molecule has 0 aliphatic carbocycles. The van der Waals surface area contributed by atoms with Gasteiger partial charge in [-0.15, -0.1) is 10.2 Å². The van der Waals surface area contributed by atoms with Crippen LogP contribution in [-0.4, -0.2) is 23.2 Å². The normalized spacial score (nSPS) is 12.4. The van der Waals surface area contributed by atoms with E-state index in [1.165, 1.54) is 0 Å². The van der Waals surface area contributed by atoms with E-state index in [0.717, 1.165) is 11.4 Å². The Kier molecular flexibility index (Phi) is 5.98. The van der Waals surface area contributed by atoms with Gasteiger partial charge in [-0.2, -0.15) is 0 Å². The number of nitrogens with one attached hydrogen (secondary N) is 1. The van der Waals surface area contributed by atoms with E-state index in [4.69, 9.17) is 11.6 Å². The molecule has 0 unspecified atom stereocenters. The third-order valence-electron chi connectivity index (χ3n) is 4.88. The minimum absolute atomic E-state index is 0.0609. The summed E-state index contributed by atoms with van der Waals surface area (Å²) < 4.78 is 30.8. The number of aromatic nitrogens is 3.